The average molecular weight is 137 g/mol. The number of β-lactam (4-membered cyclic amide) rings is 1. The highest BCUT2D eigenvalue weighted by molar-refractivity contribution is 5.89. The van der Waals surface area contributed by atoms with E-state index in [4.69, 9.17) is 0 Å². The zero-order valence-electron chi connectivity index (χ0n) is 5.29. The third-order valence-electron chi connectivity index (χ3n) is 1.72. The molecule has 1 amide bonds. The van der Waals surface area contributed by atoms with E-state index in [0.717, 1.165) is 12.1 Å². The molecule has 0 saturated carbocycles. The van der Waals surface area contributed by atoms with Crippen LogP contribution in [0.15, 0.2) is 12.4 Å². The maximum Gasteiger partial charge on any atom is 0.229 e. The number of carbonyl (C=O) groups excluding carboxylic acids is 1. The van der Waals surface area contributed by atoms with Crippen LogP contribution in [0.4, 0.5) is 0 Å². The van der Waals surface area contributed by atoms with Crippen molar-refractivity contribution in [2.45, 2.75) is 5.92 Å². The van der Waals surface area contributed by atoms with Gasteiger partial charge >= 0.3 is 0 Å². The third-order valence-corrected chi connectivity index (χ3v) is 1.72. The van der Waals surface area contributed by atoms with Crippen molar-refractivity contribution in [3.05, 3.63) is 18.0 Å². The Hall–Kier alpha value is -1.32. The molecule has 4 nitrogen and oxygen atoms in total. The van der Waals surface area contributed by atoms with Crippen molar-refractivity contribution in [1.29, 1.82) is 0 Å². The molecule has 1 fully saturated rings. The summed E-state index contributed by atoms with van der Waals surface area (Å²) in [6.07, 6.45) is 3.44. The molecule has 10 heavy (non-hydrogen) atoms. The lowest BCUT2D eigenvalue weighted by Gasteiger charge is -2.24. The van der Waals surface area contributed by atoms with Gasteiger partial charge in [0.2, 0.25) is 5.91 Å². The fourth-order valence-electron chi connectivity index (χ4n) is 1.01. The summed E-state index contributed by atoms with van der Waals surface area (Å²) in [5.74, 6) is 0.139. The van der Waals surface area contributed by atoms with Crippen LogP contribution in [0.5, 0.6) is 0 Å². The van der Waals surface area contributed by atoms with Crippen molar-refractivity contribution >= 4 is 5.91 Å². The average Bonchev–Trinajstić information content (AvgIpc) is 2.37. The first-order valence-corrected chi connectivity index (χ1v) is 3.14. The zero-order chi connectivity index (χ0) is 6.97. The van der Waals surface area contributed by atoms with E-state index in [0.29, 0.717) is 0 Å². The van der Waals surface area contributed by atoms with E-state index in [9.17, 15) is 4.79 Å². The van der Waals surface area contributed by atoms with E-state index in [1.807, 2.05) is 0 Å². The molecule has 52 valence electrons. The van der Waals surface area contributed by atoms with Gasteiger partial charge in [0.25, 0.3) is 0 Å². The molecule has 1 aliphatic rings. The first-order chi connectivity index (χ1) is 4.88. The highest BCUT2D eigenvalue weighted by Gasteiger charge is 2.29. The van der Waals surface area contributed by atoms with Crippen LogP contribution in [-0.2, 0) is 4.79 Å². The smallest absolute Gasteiger partial charge is 0.229 e. The summed E-state index contributed by atoms with van der Waals surface area (Å²) in [6.45, 7) is 0.748. The molecule has 1 aromatic rings. The summed E-state index contributed by atoms with van der Waals surface area (Å²) in [5, 5.41) is 9.09. The molecule has 0 spiro atoms. The topological polar surface area (TPSA) is 57.8 Å². The quantitative estimate of drug-likeness (QED) is 0.518. The lowest BCUT2D eigenvalue weighted by atomic mass is 9.96. The van der Waals surface area contributed by atoms with Crippen LogP contribution in [0.3, 0.4) is 0 Å². The molecule has 2 heterocycles. The van der Waals surface area contributed by atoms with Crippen LogP contribution in [-0.4, -0.2) is 22.6 Å². The van der Waals surface area contributed by atoms with Gasteiger partial charge in [-0.3, -0.25) is 9.89 Å². The minimum absolute atomic E-state index is 0.0405. The summed E-state index contributed by atoms with van der Waals surface area (Å²) < 4.78 is 0. The number of rotatable bonds is 1. The molecular formula is C6H7N3O. The highest BCUT2D eigenvalue weighted by Crippen LogP contribution is 2.18. The van der Waals surface area contributed by atoms with E-state index < -0.39 is 0 Å². The van der Waals surface area contributed by atoms with Crippen LogP contribution >= 0.6 is 0 Å². The van der Waals surface area contributed by atoms with Crippen molar-refractivity contribution < 1.29 is 4.79 Å². The van der Waals surface area contributed by atoms with Crippen molar-refractivity contribution in [2.75, 3.05) is 6.54 Å². The van der Waals surface area contributed by atoms with Gasteiger partial charge in [-0.1, -0.05) is 0 Å². The van der Waals surface area contributed by atoms with Gasteiger partial charge in [-0.2, -0.15) is 5.10 Å². The molecule has 1 atom stereocenters. The number of aromatic nitrogens is 2. The summed E-state index contributed by atoms with van der Waals surface area (Å²) in [4.78, 5) is 10.8. The van der Waals surface area contributed by atoms with Crippen LogP contribution in [0, 0.1) is 0 Å². The number of hydrogen-bond acceptors (Lipinski definition) is 2. The minimum atomic E-state index is 0.0405. The molecule has 1 saturated heterocycles. The van der Waals surface area contributed by atoms with E-state index in [-0.39, 0.29) is 11.8 Å². The number of nitrogens with one attached hydrogen (secondary N) is 2. The van der Waals surface area contributed by atoms with E-state index in [2.05, 4.69) is 15.5 Å². The van der Waals surface area contributed by atoms with Gasteiger partial charge in [-0.15, -0.1) is 0 Å². The molecule has 1 aliphatic heterocycles. The van der Waals surface area contributed by atoms with Crippen molar-refractivity contribution in [1.82, 2.24) is 15.5 Å². The Morgan fingerprint density at radius 1 is 1.70 bits per heavy atom. The third kappa shape index (κ3) is 0.618. The van der Waals surface area contributed by atoms with E-state index in [1.165, 1.54) is 0 Å². The van der Waals surface area contributed by atoms with Gasteiger partial charge in [0.15, 0.2) is 0 Å². The highest BCUT2D eigenvalue weighted by atomic mass is 16.2. The maximum atomic E-state index is 10.8. The lowest BCUT2D eigenvalue weighted by molar-refractivity contribution is -0.127. The van der Waals surface area contributed by atoms with Crippen LogP contribution in [0.1, 0.15) is 11.5 Å². The van der Waals surface area contributed by atoms with Crippen molar-refractivity contribution in [2.24, 2.45) is 0 Å². The first-order valence-electron chi connectivity index (χ1n) is 3.14. The summed E-state index contributed by atoms with van der Waals surface area (Å²) in [7, 11) is 0. The molecular weight excluding hydrogens is 130 g/mol. The fourth-order valence-corrected chi connectivity index (χ4v) is 1.01. The largest absolute Gasteiger partial charge is 0.354 e. The van der Waals surface area contributed by atoms with Gasteiger partial charge in [-0.25, -0.2) is 0 Å². The molecule has 0 aliphatic carbocycles. The first kappa shape index (κ1) is 5.46. The summed E-state index contributed by atoms with van der Waals surface area (Å²) in [5.41, 5.74) is 0.976. The van der Waals surface area contributed by atoms with Crippen LogP contribution < -0.4 is 5.32 Å². The molecule has 0 bridgehead atoms. The van der Waals surface area contributed by atoms with Gasteiger partial charge in [0, 0.05) is 18.3 Å². The second kappa shape index (κ2) is 1.83. The summed E-state index contributed by atoms with van der Waals surface area (Å²) in [6, 6.07) is 0. The zero-order valence-corrected chi connectivity index (χ0v) is 5.29. The summed E-state index contributed by atoms with van der Waals surface area (Å²) >= 11 is 0. The van der Waals surface area contributed by atoms with Gasteiger partial charge in [0.05, 0.1) is 12.1 Å². The Labute approximate surface area is 57.6 Å². The van der Waals surface area contributed by atoms with E-state index in [1.54, 1.807) is 12.4 Å². The fraction of sp³-hybridized carbons (Fsp3) is 0.333. The number of carbonyl (C=O) groups is 1. The number of nitrogens with zero attached hydrogens (tertiary/aromatic N) is 1. The Bertz CT molecular complexity index is 242. The van der Waals surface area contributed by atoms with Gasteiger partial charge in [-0.05, 0) is 0 Å². The molecule has 2 rings (SSSR count). The Morgan fingerprint density at radius 2 is 2.60 bits per heavy atom. The predicted molar refractivity (Wildman–Crippen MR) is 34.3 cm³/mol. The number of amides is 1. The minimum Gasteiger partial charge on any atom is -0.354 e. The molecule has 4 heteroatoms. The number of hydrogen-bond donors (Lipinski definition) is 2. The Balaban J connectivity index is 2.21. The molecule has 1 unspecified atom stereocenters. The molecule has 2 N–H and O–H groups in total. The van der Waals surface area contributed by atoms with E-state index >= 15 is 0 Å². The van der Waals surface area contributed by atoms with Crippen molar-refractivity contribution in [3.63, 3.8) is 0 Å². The lowest BCUT2D eigenvalue weighted by Crippen LogP contribution is -2.46. The molecule has 1 aromatic heterocycles. The Kier molecular flexibility index (Phi) is 1.00. The van der Waals surface area contributed by atoms with Crippen LogP contribution in [0.25, 0.3) is 0 Å². The number of aromatic amines is 1. The number of H-pyrrole nitrogens is 1. The van der Waals surface area contributed by atoms with Crippen LogP contribution in [0.2, 0.25) is 0 Å². The monoisotopic (exact) mass is 137 g/mol. The normalized spacial score (nSPS) is 23.6. The standard InChI is InChI=1S/C6H7N3O/c10-6-5(3-7-6)4-1-8-9-2-4/h1-2,5H,3H2,(H,7,10)(H,8,9). The van der Waals surface area contributed by atoms with Gasteiger partial charge < -0.3 is 5.32 Å². The maximum absolute atomic E-state index is 10.8. The van der Waals surface area contributed by atoms with Gasteiger partial charge in [0.1, 0.15) is 0 Å². The molecule has 0 aromatic carbocycles. The SMILES string of the molecule is O=C1NCC1c1cn[nH]c1. The van der Waals surface area contributed by atoms with Crippen molar-refractivity contribution in [3.8, 4) is 0 Å². The second-order valence-corrected chi connectivity index (χ2v) is 2.33. The second-order valence-electron chi connectivity index (χ2n) is 2.33. The predicted octanol–water partition coefficient (Wildman–Crippen LogP) is -0.377. The Morgan fingerprint density at radius 3 is 3.00 bits per heavy atom. The molecule has 0 radical (unpaired) electrons.